The van der Waals surface area contributed by atoms with Crippen molar-refractivity contribution in [2.24, 2.45) is 0 Å². The molecule has 42 heavy (non-hydrogen) atoms. The molecule has 4 rings (SSSR count). The minimum atomic E-state index is -0.409. The molecule has 1 aliphatic heterocycles. The van der Waals surface area contributed by atoms with Crippen LogP contribution in [-0.4, -0.2) is 63.8 Å². The topological polar surface area (TPSA) is 99.4 Å². The number of amides is 1. The van der Waals surface area contributed by atoms with E-state index in [-0.39, 0.29) is 35.6 Å². The first-order valence-electron chi connectivity index (χ1n) is 14.3. The molecule has 1 amide bonds. The van der Waals surface area contributed by atoms with Crippen LogP contribution >= 0.6 is 27.3 Å². The second-order valence-corrected chi connectivity index (χ2v) is 15.3. The Balaban J connectivity index is 1.49. The Kier molecular flexibility index (Phi) is 9.52. The predicted octanol–water partition coefficient (Wildman–Crippen LogP) is 6.20. The molecule has 11 heteroatoms. The van der Waals surface area contributed by atoms with E-state index in [9.17, 15) is 9.59 Å². The van der Waals surface area contributed by atoms with E-state index in [1.54, 1.807) is 30.1 Å². The monoisotopic (exact) mass is 659 g/mol. The van der Waals surface area contributed by atoms with E-state index < -0.39 is 5.97 Å². The summed E-state index contributed by atoms with van der Waals surface area (Å²) in [4.78, 5) is 36.0. The molecule has 9 nitrogen and oxygen atoms in total. The number of methoxy groups -OCH3 is 2. The van der Waals surface area contributed by atoms with Gasteiger partial charge in [-0.05, 0) is 58.7 Å². The summed E-state index contributed by atoms with van der Waals surface area (Å²) >= 11 is 5.51. The van der Waals surface area contributed by atoms with Gasteiger partial charge in [-0.1, -0.05) is 41.5 Å². The maximum atomic E-state index is 13.1. The lowest BCUT2D eigenvalue weighted by molar-refractivity contribution is -0.139. The molecule has 0 N–H and O–H groups in total. The summed E-state index contributed by atoms with van der Waals surface area (Å²) in [6.07, 6.45) is 1.68. The van der Waals surface area contributed by atoms with Crippen molar-refractivity contribution in [1.82, 2.24) is 24.6 Å². The van der Waals surface area contributed by atoms with Gasteiger partial charge in [-0.3, -0.25) is 9.59 Å². The predicted molar refractivity (Wildman–Crippen MR) is 168 cm³/mol. The van der Waals surface area contributed by atoms with Crippen molar-refractivity contribution in [3.8, 4) is 17.0 Å². The molecule has 0 radical (unpaired) electrons. The fourth-order valence-electron chi connectivity index (χ4n) is 5.28. The molecule has 1 fully saturated rings. The first kappa shape index (κ1) is 32.1. The number of likely N-dealkylation sites (tertiary alicyclic amines) is 1. The van der Waals surface area contributed by atoms with Crippen molar-refractivity contribution < 1.29 is 19.1 Å². The van der Waals surface area contributed by atoms with E-state index >= 15 is 0 Å². The summed E-state index contributed by atoms with van der Waals surface area (Å²) in [5.41, 5.74) is 4.18. The van der Waals surface area contributed by atoms with E-state index in [2.05, 4.69) is 79.7 Å². The lowest BCUT2D eigenvalue weighted by atomic mass is 9.78. The van der Waals surface area contributed by atoms with Gasteiger partial charge in [0.25, 0.3) is 0 Å². The zero-order chi connectivity index (χ0) is 31.0. The lowest BCUT2D eigenvalue weighted by Crippen LogP contribution is -2.40. The number of rotatable bonds is 7. The standard InChI is InChI=1S/C31H42BrN5O4S/c1-18-33-23(16-25(39)40-8)35-37(18)17-24(38)36-12-10-19(11-13-36)29-34-26(28(32)42-29)20-14-21(30(2,3)4)27(41-9)22(15-20)31(5,6)7/h14-15,19H,10-13,16-17H2,1-9H3. The number of hydrogen-bond donors (Lipinski definition) is 0. The molecule has 3 aromatic rings. The molecule has 0 spiro atoms. The van der Waals surface area contributed by atoms with Gasteiger partial charge in [-0.25, -0.2) is 14.6 Å². The Hall–Kier alpha value is -2.79. The van der Waals surface area contributed by atoms with Crippen molar-refractivity contribution in [3.63, 3.8) is 0 Å². The molecule has 228 valence electrons. The fraction of sp³-hybridized carbons (Fsp3) is 0.581. The van der Waals surface area contributed by atoms with Crippen LogP contribution in [0.15, 0.2) is 15.9 Å². The summed E-state index contributed by atoms with van der Waals surface area (Å²) in [5, 5.41) is 5.42. The molecule has 0 bridgehead atoms. The van der Waals surface area contributed by atoms with Gasteiger partial charge < -0.3 is 14.4 Å². The normalized spacial score (nSPS) is 14.8. The number of aryl methyl sites for hydroxylation is 1. The Labute approximate surface area is 261 Å². The SMILES string of the molecule is COC(=O)Cc1nc(C)n(CC(=O)N2CCC(c3nc(-c4cc(C(C)(C)C)c(OC)c(C(C)(C)C)c4)c(Br)s3)CC2)n1. The van der Waals surface area contributed by atoms with Crippen molar-refractivity contribution in [2.75, 3.05) is 27.3 Å². The quantitative estimate of drug-likeness (QED) is 0.279. The summed E-state index contributed by atoms with van der Waals surface area (Å²) in [7, 11) is 3.08. The molecule has 2 aromatic heterocycles. The van der Waals surface area contributed by atoms with Crippen LogP contribution in [0.1, 0.15) is 88.1 Å². The second-order valence-electron chi connectivity index (χ2n) is 12.9. The lowest BCUT2D eigenvalue weighted by Gasteiger charge is -2.31. The number of piperidine rings is 1. The summed E-state index contributed by atoms with van der Waals surface area (Å²) in [6, 6.07) is 4.45. The van der Waals surface area contributed by atoms with Crippen LogP contribution in [0, 0.1) is 6.92 Å². The molecule has 0 unspecified atom stereocenters. The molecule has 3 heterocycles. The highest BCUT2D eigenvalue weighted by Gasteiger charge is 2.31. The third-order valence-corrected chi connectivity index (χ3v) is 9.56. The molecule has 1 saturated heterocycles. The number of thiazole rings is 1. The maximum Gasteiger partial charge on any atom is 0.313 e. The van der Waals surface area contributed by atoms with Crippen LogP contribution in [0.25, 0.3) is 11.3 Å². The third-order valence-electron chi connectivity index (χ3n) is 7.70. The number of hydrogen-bond acceptors (Lipinski definition) is 8. The number of esters is 1. The largest absolute Gasteiger partial charge is 0.496 e. The van der Waals surface area contributed by atoms with Gasteiger partial charge in [0.05, 0.1) is 28.7 Å². The van der Waals surface area contributed by atoms with Crippen molar-refractivity contribution in [2.45, 2.75) is 91.0 Å². The zero-order valence-electron chi connectivity index (χ0n) is 26.1. The Morgan fingerprint density at radius 1 is 1.02 bits per heavy atom. The summed E-state index contributed by atoms with van der Waals surface area (Å²) in [6.45, 7) is 16.5. The number of aromatic nitrogens is 4. The number of carbonyl (C=O) groups is 2. The zero-order valence-corrected chi connectivity index (χ0v) is 28.5. The van der Waals surface area contributed by atoms with E-state index in [0.717, 1.165) is 38.6 Å². The average molecular weight is 661 g/mol. The van der Waals surface area contributed by atoms with Gasteiger partial charge in [-0.15, -0.1) is 11.3 Å². The number of carbonyl (C=O) groups excluding carboxylic acids is 2. The number of benzene rings is 1. The molecule has 1 aromatic carbocycles. The van der Waals surface area contributed by atoms with Gasteiger partial charge in [0.15, 0.2) is 5.82 Å². The van der Waals surface area contributed by atoms with Crippen molar-refractivity contribution >= 4 is 39.1 Å². The van der Waals surface area contributed by atoms with Gasteiger partial charge in [0.1, 0.15) is 24.5 Å². The highest BCUT2D eigenvalue weighted by Crippen LogP contribution is 2.45. The first-order valence-corrected chi connectivity index (χ1v) is 15.9. The average Bonchev–Trinajstić information content (AvgIpc) is 3.48. The molecular formula is C31H42BrN5O4S. The van der Waals surface area contributed by atoms with Crippen molar-refractivity contribution in [1.29, 1.82) is 0 Å². The molecular weight excluding hydrogens is 618 g/mol. The Morgan fingerprint density at radius 2 is 1.62 bits per heavy atom. The van der Waals surface area contributed by atoms with Gasteiger partial charge in [0, 0.05) is 35.7 Å². The van der Waals surface area contributed by atoms with E-state index in [1.165, 1.54) is 18.2 Å². The first-order chi connectivity index (χ1) is 19.6. The van der Waals surface area contributed by atoms with Crippen LogP contribution in [0.2, 0.25) is 0 Å². The molecule has 0 saturated carbocycles. The molecule has 0 atom stereocenters. The van der Waals surface area contributed by atoms with Crippen LogP contribution in [0.3, 0.4) is 0 Å². The van der Waals surface area contributed by atoms with E-state index in [0.29, 0.717) is 24.7 Å². The van der Waals surface area contributed by atoms with E-state index in [1.807, 2.05) is 4.90 Å². The van der Waals surface area contributed by atoms with Gasteiger partial charge in [0.2, 0.25) is 5.91 Å². The van der Waals surface area contributed by atoms with Gasteiger partial charge >= 0.3 is 5.97 Å². The highest BCUT2D eigenvalue weighted by atomic mass is 79.9. The number of nitrogens with zero attached hydrogens (tertiary/aromatic N) is 5. The fourth-order valence-corrected chi connectivity index (χ4v) is 7.08. The Bertz CT molecular complexity index is 1420. The van der Waals surface area contributed by atoms with Crippen LogP contribution in [0.5, 0.6) is 5.75 Å². The summed E-state index contributed by atoms with van der Waals surface area (Å²) in [5.74, 6) is 1.77. The minimum absolute atomic E-state index is 0.00488. The van der Waals surface area contributed by atoms with Crippen LogP contribution in [0.4, 0.5) is 0 Å². The minimum Gasteiger partial charge on any atom is -0.496 e. The van der Waals surface area contributed by atoms with E-state index in [4.69, 9.17) is 14.5 Å². The smallest absolute Gasteiger partial charge is 0.313 e. The second kappa shape index (κ2) is 12.4. The van der Waals surface area contributed by atoms with Crippen LogP contribution < -0.4 is 4.74 Å². The third kappa shape index (κ3) is 7.05. The number of ether oxygens (including phenoxy) is 2. The summed E-state index contributed by atoms with van der Waals surface area (Å²) < 4.78 is 13.2. The van der Waals surface area contributed by atoms with Gasteiger partial charge in [-0.2, -0.15) is 5.10 Å². The van der Waals surface area contributed by atoms with Crippen LogP contribution in [-0.2, 0) is 38.1 Å². The highest BCUT2D eigenvalue weighted by molar-refractivity contribution is 9.11. The molecule has 0 aliphatic carbocycles. The maximum absolute atomic E-state index is 13.1. The molecule has 1 aliphatic rings. The van der Waals surface area contributed by atoms with Crippen molar-refractivity contribution in [3.05, 3.63) is 43.7 Å². The number of halogens is 1. The Morgan fingerprint density at radius 3 is 2.14 bits per heavy atom.